The van der Waals surface area contributed by atoms with Crippen LogP contribution in [0.25, 0.3) is 10.2 Å². The summed E-state index contributed by atoms with van der Waals surface area (Å²) < 4.78 is 11.7. The monoisotopic (exact) mass is 353 g/mol. The van der Waals surface area contributed by atoms with E-state index in [4.69, 9.17) is 14.7 Å². The third kappa shape index (κ3) is 3.87. The molecular weight excluding hydrogens is 338 g/mol. The lowest BCUT2D eigenvalue weighted by atomic mass is 10.2. The Morgan fingerprint density at radius 1 is 1.28 bits per heavy atom. The summed E-state index contributed by atoms with van der Waals surface area (Å²) >= 11 is 1.41. The molecule has 0 bridgehead atoms. The molecule has 1 amide bonds. The smallest absolute Gasteiger partial charge is 0.264 e. The van der Waals surface area contributed by atoms with Crippen molar-refractivity contribution in [2.75, 3.05) is 19.0 Å². The molecule has 0 unspecified atom stereocenters. The maximum absolute atomic E-state index is 12.1. The van der Waals surface area contributed by atoms with Crippen LogP contribution in [0.3, 0.4) is 0 Å². The molecule has 0 radical (unpaired) electrons. The summed E-state index contributed by atoms with van der Waals surface area (Å²) in [6, 6.07) is 12.7. The van der Waals surface area contributed by atoms with Gasteiger partial charge in [0.15, 0.2) is 23.2 Å². The van der Waals surface area contributed by atoms with Crippen LogP contribution in [0.5, 0.6) is 11.5 Å². The Labute approximate surface area is 148 Å². The van der Waals surface area contributed by atoms with Crippen LogP contribution in [-0.4, -0.2) is 24.6 Å². The quantitative estimate of drug-likeness (QED) is 0.759. The number of amides is 1. The SMILES string of the molecule is COc1cc(C#N)ccc1OCC(=O)Nc1nc2ccc(C)cc2s1. The molecule has 0 spiro atoms. The number of methoxy groups -OCH3 is 1. The van der Waals surface area contributed by atoms with Gasteiger partial charge in [-0.05, 0) is 36.8 Å². The number of carbonyl (C=O) groups is 1. The molecule has 126 valence electrons. The van der Waals surface area contributed by atoms with Gasteiger partial charge < -0.3 is 9.47 Å². The number of hydrogen-bond acceptors (Lipinski definition) is 6. The van der Waals surface area contributed by atoms with Gasteiger partial charge in [0.1, 0.15) is 0 Å². The van der Waals surface area contributed by atoms with Crippen molar-refractivity contribution in [1.82, 2.24) is 4.98 Å². The van der Waals surface area contributed by atoms with E-state index in [1.807, 2.05) is 31.2 Å². The van der Waals surface area contributed by atoms with E-state index in [9.17, 15) is 4.79 Å². The number of nitriles is 1. The summed E-state index contributed by atoms with van der Waals surface area (Å²) in [5.41, 5.74) is 2.45. The average molecular weight is 353 g/mol. The Morgan fingerprint density at radius 2 is 2.12 bits per heavy atom. The van der Waals surface area contributed by atoms with Crippen LogP contribution < -0.4 is 14.8 Å². The van der Waals surface area contributed by atoms with E-state index in [1.54, 1.807) is 18.2 Å². The van der Waals surface area contributed by atoms with Crippen LogP contribution in [0.15, 0.2) is 36.4 Å². The lowest BCUT2D eigenvalue weighted by Crippen LogP contribution is -2.20. The number of hydrogen-bond donors (Lipinski definition) is 1. The Bertz CT molecular complexity index is 975. The fraction of sp³-hybridized carbons (Fsp3) is 0.167. The molecule has 0 fully saturated rings. The zero-order valence-electron chi connectivity index (χ0n) is 13.7. The molecule has 0 atom stereocenters. The number of benzene rings is 2. The zero-order valence-corrected chi connectivity index (χ0v) is 14.5. The minimum Gasteiger partial charge on any atom is -0.493 e. The van der Waals surface area contributed by atoms with E-state index < -0.39 is 0 Å². The fourth-order valence-electron chi connectivity index (χ4n) is 2.24. The standard InChI is InChI=1S/C18H15N3O3S/c1-11-3-5-13-16(7-11)25-18(20-13)21-17(22)10-24-14-6-4-12(9-19)8-15(14)23-2/h3-8H,10H2,1-2H3,(H,20,21,22). The number of fused-ring (bicyclic) bond motifs is 1. The van der Waals surface area contributed by atoms with E-state index in [2.05, 4.69) is 10.3 Å². The van der Waals surface area contributed by atoms with Crippen LogP contribution in [0.4, 0.5) is 5.13 Å². The predicted octanol–water partition coefficient (Wildman–Crippen LogP) is 3.50. The van der Waals surface area contributed by atoms with E-state index in [0.29, 0.717) is 22.2 Å². The van der Waals surface area contributed by atoms with Crippen LogP contribution in [-0.2, 0) is 4.79 Å². The highest BCUT2D eigenvalue weighted by atomic mass is 32.1. The van der Waals surface area contributed by atoms with E-state index in [0.717, 1.165) is 15.8 Å². The molecule has 0 saturated heterocycles. The summed E-state index contributed by atoms with van der Waals surface area (Å²) in [6.07, 6.45) is 0. The molecule has 6 nitrogen and oxygen atoms in total. The third-order valence-corrected chi connectivity index (χ3v) is 4.38. The second kappa shape index (κ2) is 7.20. The van der Waals surface area contributed by atoms with E-state index in [1.165, 1.54) is 18.4 Å². The number of carbonyl (C=O) groups excluding carboxylic acids is 1. The van der Waals surface area contributed by atoms with Gasteiger partial charge in [-0.25, -0.2) is 4.98 Å². The zero-order chi connectivity index (χ0) is 17.8. The minimum absolute atomic E-state index is 0.183. The predicted molar refractivity (Wildman–Crippen MR) is 96.2 cm³/mol. The second-order valence-corrected chi connectivity index (χ2v) is 6.34. The molecule has 3 rings (SSSR count). The highest BCUT2D eigenvalue weighted by molar-refractivity contribution is 7.22. The molecule has 1 heterocycles. The van der Waals surface area contributed by atoms with E-state index in [-0.39, 0.29) is 12.5 Å². The third-order valence-electron chi connectivity index (χ3n) is 3.44. The number of ether oxygens (including phenoxy) is 2. The van der Waals surface area contributed by atoms with Crippen LogP contribution in [0.1, 0.15) is 11.1 Å². The van der Waals surface area contributed by atoms with Crippen molar-refractivity contribution in [2.45, 2.75) is 6.92 Å². The van der Waals surface area contributed by atoms with Gasteiger partial charge >= 0.3 is 0 Å². The topological polar surface area (TPSA) is 84.2 Å². The van der Waals surface area contributed by atoms with Crippen molar-refractivity contribution in [3.05, 3.63) is 47.5 Å². The van der Waals surface area contributed by atoms with Crippen molar-refractivity contribution in [1.29, 1.82) is 5.26 Å². The lowest BCUT2D eigenvalue weighted by molar-refractivity contribution is -0.118. The molecule has 0 saturated carbocycles. The molecule has 0 aliphatic heterocycles. The Kier molecular flexibility index (Phi) is 4.82. The number of anilines is 1. The minimum atomic E-state index is -0.317. The first-order valence-corrected chi connectivity index (χ1v) is 8.28. The van der Waals surface area contributed by atoms with Gasteiger partial charge in [-0.15, -0.1) is 0 Å². The first-order valence-electron chi connectivity index (χ1n) is 7.47. The number of aromatic nitrogens is 1. The van der Waals surface area contributed by atoms with Gasteiger partial charge in [-0.2, -0.15) is 5.26 Å². The molecular formula is C18H15N3O3S. The van der Waals surface area contributed by atoms with Gasteiger partial charge in [0.05, 0.1) is 29.0 Å². The Balaban J connectivity index is 1.65. The van der Waals surface area contributed by atoms with Crippen molar-refractivity contribution in [3.63, 3.8) is 0 Å². The van der Waals surface area contributed by atoms with Crippen molar-refractivity contribution < 1.29 is 14.3 Å². The van der Waals surface area contributed by atoms with Gasteiger partial charge in [0.25, 0.3) is 5.91 Å². The van der Waals surface area contributed by atoms with Crippen LogP contribution >= 0.6 is 11.3 Å². The molecule has 0 aliphatic rings. The van der Waals surface area contributed by atoms with Gasteiger partial charge in [0.2, 0.25) is 0 Å². The lowest BCUT2D eigenvalue weighted by Gasteiger charge is -2.10. The summed E-state index contributed by atoms with van der Waals surface area (Å²) in [7, 11) is 1.48. The molecule has 2 aromatic carbocycles. The number of thiazole rings is 1. The second-order valence-electron chi connectivity index (χ2n) is 5.30. The van der Waals surface area contributed by atoms with Gasteiger partial charge in [0, 0.05) is 6.07 Å². The Morgan fingerprint density at radius 3 is 2.88 bits per heavy atom. The Hall–Kier alpha value is -3.11. The summed E-state index contributed by atoms with van der Waals surface area (Å²) in [6.45, 7) is 1.83. The van der Waals surface area contributed by atoms with Crippen molar-refractivity contribution >= 4 is 32.6 Å². The maximum Gasteiger partial charge on any atom is 0.264 e. The van der Waals surface area contributed by atoms with Crippen molar-refractivity contribution in [3.8, 4) is 17.6 Å². The van der Waals surface area contributed by atoms with Crippen LogP contribution in [0, 0.1) is 18.3 Å². The maximum atomic E-state index is 12.1. The number of nitrogens with zero attached hydrogens (tertiary/aromatic N) is 2. The van der Waals surface area contributed by atoms with Gasteiger partial charge in [-0.3, -0.25) is 10.1 Å². The normalized spacial score (nSPS) is 10.3. The highest BCUT2D eigenvalue weighted by Crippen LogP contribution is 2.28. The molecule has 7 heteroatoms. The first-order chi connectivity index (χ1) is 12.1. The first kappa shape index (κ1) is 16.7. The fourth-order valence-corrected chi connectivity index (χ4v) is 3.22. The number of rotatable bonds is 5. The summed E-state index contributed by atoms with van der Waals surface area (Å²) in [5, 5.41) is 12.2. The molecule has 1 N–H and O–H groups in total. The summed E-state index contributed by atoms with van der Waals surface area (Å²) in [5.74, 6) is 0.487. The largest absolute Gasteiger partial charge is 0.493 e. The van der Waals surface area contributed by atoms with E-state index >= 15 is 0 Å². The van der Waals surface area contributed by atoms with Gasteiger partial charge in [-0.1, -0.05) is 17.4 Å². The molecule has 0 aliphatic carbocycles. The molecule has 1 aromatic heterocycles. The van der Waals surface area contributed by atoms with Crippen molar-refractivity contribution in [2.24, 2.45) is 0 Å². The summed E-state index contributed by atoms with van der Waals surface area (Å²) in [4.78, 5) is 16.5. The average Bonchev–Trinajstić information content (AvgIpc) is 3.00. The molecule has 3 aromatic rings. The number of aryl methyl sites for hydroxylation is 1. The number of nitrogens with one attached hydrogen (secondary N) is 1. The highest BCUT2D eigenvalue weighted by Gasteiger charge is 2.11. The van der Waals surface area contributed by atoms with Crippen LogP contribution in [0.2, 0.25) is 0 Å². The molecule has 25 heavy (non-hydrogen) atoms.